The van der Waals surface area contributed by atoms with Gasteiger partial charge in [-0.05, 0) is 13.8 Å². The lowest BCUT2D eigenvalue weighted by molar-refractivity contribution is 0.637. The van der Waals surface area contributed by atoms with Crippen LogP contribution in [-0.2, 0) is 13.6 Å². The van der Waals surface area contributed by atoms with Gasteiger partial charge in [0.05, 0.1) is 48.2 Å². The minimum Gasteiger partial charge on any atom is -0.330 e. The van der Waals surface area contributed by atoms with Gasteiger partial charge in [-0.1, -0.05) is 30.3 Å². The summed E-state index contributed by atoms with van der Waals surface area (Å²) in [6.45, 7) is 5.15. The van der Waals surface area contributed by atoms with Crippen molar-refractivity contribution in [3.8, 4) is 22.6 Å². The molecule has 1 atom stereocenters. The van der Waals surface area contributed by atoms with E-state index in [0.717, 1.165) is 34.8 Å². The molecule has 1 aromatic carbocycles. The Morgan fingerprint density at radius 3 is 2.58 bits per heavy atom. The molecule has 3 heterocycles. The van der Waals surface area contributed by atoms with Crippen LogP contribution >= 0.6 is 0 Å². The molecule has 0 saturated heterocycles. The van der Waals surface area contributed by atoms with Gasteiger partial charge in [0, 0.05) is 30.9 Å². The molecule has 26 heavy (non-hydrogen) atoms. The Labute approximate surface area is 152 Å². The van der Waals surface area contributed by atoms with E-state index in [9.17, 15) is 0 Å². The minimum atomic E-state index is 0.115. The Balaban J connectivity index is 1.91. The van der Waals surface area contributed by atoms with E-state index in [2.05, 4.69) is 45.2 Å². The topological polar surface area (TPSA) is 53.5 Å². The Hall–Kier alpha value is -3.15. The average Bonchev–Trinajstić information content (AvgIpc) is 3.40. The number of aromatic nitrogens is 6. The first-order valence-corrected chi connectivity index (χ1v) is 8.80. The highest BCUT2D eigenvalue weighted by Gasteiger charge is 2.22. The number of imidazole rings is 2. The molecule has 0 saturated carbocycles. The molecule has 6 heteroatoms. The van der Waals surface area contributed by atoms with Crippen molar-refractivity contribution in [3.63, 3.8) is 0 Å². The summed E-state index contributed by atoms with van der Waals surface area (Å²) in [4.78, 5) is 9.13. The third-order valence-electron chi connectivity index (χ3n) is 4.76. The lowest BCUT2D eigenvalue weighted by Gasteiger charge is -2.17. The zero-order chi connectivity index (χ0) is 18.1. The molecule has 0 aliphatic rings. The fourth-order valence-electron chi connectivity index (χ4n) is 3.30. The highest BCUT2D eigenvalue weighted by molar-refractivity contribution is 5.77. The third-order valence-corrected chi connectivity index (χ3v) is 4.76. The molecule has 3 aromatic heterocycles. The van der Waals surface area contributed by atoms with E-state index >= 15 is 0 Å². The molecule has 6 nitrogen and oxygen atoms in total. The van der Waals surface area contributed by atoms with Crippen molar-refractivity contribution in [3.05, 3.63) is 67.1 Å². The van der Waals surface area contributed by atoms with Crippen LogP contribution in [0.15, 0.2) is 61.6 Å². The SMILES string of the molecule is CCn1cncc1-c1c(-c2ccccc2)ncn1[C@H](C)c1cnn(C)c1. The number of rotatable bonds is 5. The standard InChI is InChI=1S/C20H22N6/c1-4-25-13-21-11-18(25)20-19(16-8-6-5-7-9-16)22-14-26(20)15(2)17-10-23-24(3)12-17/h5-15H,4H2,1-3H3/t15-/m1/s1. The molecule has 0 aliphatic carbocycles. The lowest BCUT2D eigenvalue weighted by Crippen LogP contribution is -2.09. The van der Waals surface area contributed by atoms with Gasteiger partial charge in [-0.15, -0.1) is 0 Å². The summed E-state index contributed by atoms with van der Waals surface area (Å²) in [7, 11) is 1.94. The Bertz CT molecular complexity index is 1010. The molecular formula is C20H22N6. The highest BCUT2D eigenvalue weighted by atomic mass is 15.2. The van der Waals surface area contributed by atoms with Gasteiger partial charge in [-0.2, -0.15) is 5.10 Å². The Morgan fingerprint density at radius 1 is 1.08 bits per heavy atom. The highest BCUT2D eigenvalue weighted by Crippen LogP contribution is 2.34. The molecule has 0 radical (unpaired) electrons. The Kier molecular flexibility index (Phi) is 4.16. The first kappa shape index (κ1) is 16.3. The smallest absolute Gasteiger partial charge is 0.0979 e. The number of hydrogen-bond donors (Lipinski definition) is 0. The van der Waals surface area contributed by atoms with Crippen LogP contribution in [0.5, 0.6) is 0 Å². The summed E-state index contributed by atoms with van der Waals surface area (Å²) >= 11 is 0. The quantitative estimate of drug-likeness (QED) is 0.553. The fraction of sp³-hybridized carbons (Fsp3) is 0.250. The van der Waals surface area contributed by atoms with Crippen molar-refractivity contribution in [2.45, 2.75) is 26.4 Å². The number of nitrogens with zero attached hydrogens (tertiary/aromatic N) is 6. The summed E-state index contributed by atoms with van der Waals surface area (Å²) in [5.41, 5.74) is 5.36. The molecule has 0 bridgehead atoms. The summed E-state index contributed by atoms with van der Waals surface area (Å²) in [6.07, 6.45) is 9.67. The normalized spacial score (nSPS) is 12.4. The van der Waals surface area contributed by atoms with Gasteiger partial charge in [0.2, 0.25) is 0 Å². The molecule has 0 aliphatic heterocycles. The van der Waals surface area contributed by atoms with Crippen LogP contribution in [-0.4, -0.2) is 28.9 Å². The molecule has 4 rings (SSSR count). The largest absolute Gasteiger partial charge is 0.330 e. The second kappa shape index (κ2) is 6.63. The summed E-state index contributed by atoms with van der Waals surface area (Å²) < 4.78 is 6.19. The minimum absolute atomic E-state index is 0.115. The van der Waals surface area contributed by atoms with Crippen LogP contribution in [0.3, 0.4) is 0 Å². The second-order valence-electron chi connectivity index (χ2n) is 6.40. The molecule has 4 aromatic rings. The first-order chi connectivity index (χ1) is 12.7. The van der Waals surface area contributed by atoms with Gasteiger partial charge < -0.3 is 9.13 Å². The van der Waals surface area contributed by atoms with Crippen molar-refractivity contribution in [1.29, 1.82) is 0 Å². The number of benzene rings is 1. The van der Waals surface area contributed by atoms with Crippen LogP contribution in [0, 0.1) is 0 Å². The lowest BCUT2D eigenvalue weighted by atomic mass is 10.1. The monoisotopic (exact) mass is 346 g/mol. The van der Waals surface area contributed by atoms with Crippen LogP contribution in [0.2, 0.25) is 0 Å². The molecule has 0 amide bonds. The van der Waals surface area contributed by atoms with Crippen LogP contribution in [0.4, 0.5) is 0 Å². The van der Waals surface area contributed by atoms with E-state index in [-0.39, 0.29) is 6.04 Å². The van der Waals surface area contributed by atoms with Crippen molar-refractivity contribution in [2.24, 2.45) is 7.05 Å². The van der Waals surface area contributed by atoms with Crippen LogP contribution in [0.25, 0.3) is 22.6 Å². The van der Waals surface area contributed by atoms with Crippen LogP contribution in [0.1, 0.15) is 25.5 Å². The predicted octanol–water partition coefficient (Wildman–Crippen LogP) is 3.78. The maximum atomic E-state index is 4.77. The molecule has 132 valence electrons. The molecular weight excluding hydrogens is 324 g/mol. The zero-order valence-electron chi connectivity index (χ0n) is 15.2. The van der Waals surface area contributed by atoms with E-state index < -0.39 is 0 Å². The summed E-state index contributed by atoms with van der Waals surface area (Å²) in [5, 5.41) is 4.32. The van der Waals surface area contributed by atoms with Crippen LogP contribution < -0.4 is 0 Å². The number of hydrogen-bond acceptors (Lipinski definition) is 3. The van der Waals surface area contributed by atoms with E-state index in [1.807, 2.05) is 61.2 Å². The number of aryl methyl sites for hydroxylation is 2. The van der Waals surface area contributed by atoms with Crippen molar-refractivity contribution < 1.29 is 0 Å². The van der Waals surface area contributed by atoms with Crippen molar-refractivity contribution in [1.82, 2.24) is 28.9 Å². The summed E-state index contributed by atoms with van der Waals surface area (Å²) in [6, 6.07) is 10.4. The van der Waals surface area contributed by atoms with E-state index in [1.54, 1.807) is 0 Å². The van der Waals surface area contributed by atoms with E-state index in [0.29, 0.717) is 0 Å². The van der Waals surface area contributed by atoms with Gasteiger partial charge in [0.25, 0.3) is 0 Å². The third kappa shape index (κ3) is 2.73. The van der Waals surface area contributed by atoms with Gasteiger partial charge in [0.15, 0.2) is 0 Å². The van der Waals surface area contributed by atoms with Crippen molar-refractivity contribution >= 4 is 0 Å². The first-order valence-electron chi connectivity index (χ1n) is 8.80. The van der Waals surface area contributed by atoms with E-state index in [1.165, 1.54) is 0 Å². The Morgan fingerprint density at radius 2 is 1.88 bits per heavy atom. The van der Waals surface area contributed by atoms with Crippen molar-refractivity contribution in [2.75, 3.05) is 0 Å². The fourth-order valence-corrected chi connectivity index (χ4v) is 3.30. The van der Waals surface area contributed by atoms with E-state index in [4.69, 9.17) is 4.98 Å². The van der Waals surface area contributed by atoms with Gasteiger partial charge in [-0.25, -0.2) is 9.97 Å². The second-order valence-corrected chi connectivity index (χ2v) is 6.40. The van der Waals surface area contributed by atoms with Gasteiger partial charge in [0.1, 0.15) is 0 Å². The molecule has 0 unspecified atom stereocenters. The predicted molar refractivity (Wildman–Crippen MR) is 102 cm³/mol. The average molecular weight is 346 g/mol. The maximum absolute atomic E-state index is 4.77. The molecule has 0 fully saturated rings. The van der Waals surface area contributed by atoms with Gasteiger partial charge in [-0.3, -0.25) is 4.68 Å². The summed E-state index contributed by atoms with van der Waals surface area (Å²) in [5.74, 6) is 0. The molecule has 0 N–H and O–H groups in total. The molecule has 0 spiro atoms. The van der Waals surface area contributed by atoms with Gasteiger partial charge >= 0.3 is 0 Å². The maximum Gasteiger partial charge on any atom is 0.0979 e. The zero-order valence-corrected chi connectivity index (χ0v) is 15.2.